The van der Waals surface area contributed by atoms with Crippen LogP contribution in [0.1, 0.15) is 16.1 Å². The van der Waals surface area contributed by atoms with Crippen LogP contribution in [0.25, 0.3) is 0 Å². The highest BCUT2D eigenvalue weighted by Gasteiger charge is 2.10. The van der Waals surface area contributed by atoms with Crippen molar-refractivity contribution in [2.24, 2.45) is 0 Å². The molecule has 1 aromatic carbocycles. The van der Waals surface area contributed by atoms with E-state index < -0.39 is 0 Å². The van der Waals surface area contributed by atoms with Gasteiger partial charge in [0.15, 0.2) is 0 Å². The lowest BCUT2D eigenvalue weighted by molar-refractivity contribution is 0.0600. The lowest BCUT2D eigenvalue weighted by Crippen LogP contribution is -2.00. The van der Waals surface area contributed by atoms with Crippen LogP contribution >= 0.6 is 11.8 Å². The van der Waals surface area contributed by atoms with Gasteiger partial charge in [-0.2, -0.15) is 0 Å². The summed E-state index contributed by atoms with van der Waals surface area (Å²) in [7, 11) is 1.35. The Bertz CT molecular complexity index is 565. The lowest BCUT2D eigenvalue weighted by atomic mass is 10.3. The van der Waals surface area contributed by atoms with E-state index in [2.05, 4.69) is 16.1 Å². The van der Waals surface area contributed by atoms with E-state index in [0.29, 0.717) is 17.9 Å². The molecule has 0 bridgehead atoms. The summed E-state index contributed by atoms with van der Waals surface area (Å²) in [6, 6.07) is 9.72. The van der Waals surface area contributed by atoms with Gasteiger partial charge in [0.05, 0.1) is 19.2 Å². The van der Waals surface area contributed by atoms with E-state index in [1.54, 1.807) is 17.8 Å². The molecule has 19 heavy (non-hydrogen) atoms. The SMILES string of the molecule is COC(=O)c1coc(CNc2ccccc2SC)c1. The van der Waals surface area contributed by atoms with Crippen molar-refractivity contribution in [2.75, 3.05) is 18.7 Å². The molecule has 4 nitrogen and oxygen atoms in total. The molecule has 0 radical (unpaired) electrons. The molecule has 0 amide bonds. The number of methoxy groups -OCH3 is 1. The second-order valence-electron chi connectivity index (χ2n) is 3.85. The van der Waals surface area contributed by atoms with Crippen molar-refractivity contribution in [2.45, 2.75) is 11.4 Å². The van der Waals surface area contributed by atoms with E-state index in [1.165, 1.54) is 18.3 Å². The van der Waals surface area contributed by atoms with Crippen molar-refractivity contribution in [3.8, 4) is 0 Å². The third kappa shape index (κ3) is 3.32. The predicted octanol–water partition coefficient (Wildman–Crippen LogP) is 3.40. The van der Waals surface area contributed by atoms with Gasteiger partial charge in [-0.3, -0.25) is 0 Å². The molecule has 100 valence electrons. The third-order valence-electron chi connectivity index (χ3n) is 2.63. The van der Waals surface area contributed by atoms with Gasteiger partial charge in [0.25, 0.3) is 0 Å². The molecule has 0 aliphatic heterocycles. The van der Waals surface area contributed by atoms with Crippen LogP contribution in [-0.4, -0.2) is 19.3 Å². The predicted molar refractivity (Wildman–Crippen MR) is 75.6 cm³/mol. The maximum Gasteiger partial charge on any atom is 0.341 e. The summed E-state index contributed by atoms with van der Waals surface area (Å²) in [6.45, 7) is 0.522. The molecule has 1 heterocycles. The van der Waals surface area contributed by atoms with Crippen molar-refractivity contribution in [1.82, 2.24) is 0 Å². The average Bonchev–Trinajstić information content (AvgIpc) is 2.93. The highest BCUT2D eigenvalue weighted by Crippen LogP contribution is 2.25. The number of thioether (sulfide) groups is 1. The zero-order valence-electron chi connectivity index (χ0n) is 10.8. The topological polar surface area (TPSA) is 51.5 Å². The molecule has 0 atom stereocenters. The fourth-order valence-corrected chi connectivity index (χ4v) is 2.25. The molecule has 2 aromatic rings. The Morgan fingerprint density at radius 3 is 2.95 bits per heavy atom. The average molecular weight is 277 g/mol. The highest BCUT2D eigenvalue weighted by atomic mass is 32.2. The fourth-order valence-electron chi connectivity index (χ4n) is 1.67. The lowest BCUT2D eigenvalue weighted by Gasteiger charge is -2.08. The Morgan fingerprint density at radius 1 is 1.42 bits per heavy atom. The molecule has 1 N–H and O–H groups in total. The minimum Gasteiger partial charge on any atom is -0.467 e. The first-order valence-corrected chi connectivity index (χ1v) is 6.99. The Morgan fingerprint density at radius 2 is 2.21 bits per heavy atom. The zero-order valence-corrected chi connectivity index (χ0v) is 11.6. The number of furan rings is 1. The van der Waals surface area contributed by atoms with Crippen LogP contribution in [0.4, 0.5) is 5.69 Å². The summed E-state index contributed by atoms with van der Waals surface area (Å²) >= 11 is 1.68. The second kappa shape index (κ2) is 6.33. The molecule has 2 rings (SSSR count). The van der Waals surface area contributed by atoms with Gasteiger partial charge in [-0.15, -0.1) is 11.8 Å². The van der Waals surface area contributed by atoms with Gasteiger partial charge in [-0.1, -0.05) is 12.1 Å². The van der Waals surface area contributed by atoms with E-state index in [-0.39, 0.29) is 5.97 Å². The first-order valence-electron chi connectivity index (χ1n) is 5.77. The van der Waals surface area contributed by atoms with Gasteiger partial charge in [-0.25, -0.2) is 4.79 Å². The second-order valence-corrected chi connectivity index (χ2v) is 4.70. The Balaban J connectivity index is 2.02. The number of para-hydroxylation sites is 1. The molecular formula is C14H15NO3S. The van der Waals surface area contributed by atoms with E-state index in [0.717, 1.165) is 5.69 Å². The number of rotatable bonds is 5. The standard InChI is InChI=1S/C14H15NO3S/c1-17-14(16)10-7-11(18-9-10)8-15-12-5-3-4-6-13(12)19-2/h3-7,9,15H,8H2,1-2H3. The Hall–Kier alpha value is -1.88. The molecule has 1 aromatic heterocycles. The van der Waals surface area contributed by atoms with E-state index in [9.17, 15) is 4.79 Å². The summed E-state index contributed by atoms with van der Waals surface area (Å²) in [5.41, 5.74) is 1.48. The summed E-state index contributed by atoms with van der Waals surface area (Å²) in [5, 5.41) is 3.28. The van der Waals surface area contributed by atoms with Crippen LogP contribution in [0.15, 0.2) is 45.9 Å². The summed E-state index contributed by atoms with van der Waals surface area (Å²) < 4.78 is 9.94. The number of nitrogens with one attached hydrogen (secondary N) is 1. The molecule has 0 aliphatic rings. The zero-order chi connectivity index (χ0) is 13.7. The molecular weight excluding hydrogens is 262 g/mol. The van der Waals surface area contributed by atoms with Gasteiger partial charge < -0.3 is 14.5 Å². The van der Waals surface area contributed by atoms with Crippen molar-refractivity contribution < 1.29 is 13.9 Å². The van der Waals surface area contributed by atoms with E-state index >= 15 is 0 Å². The van der Waals surface area contributed by atoms with Gasteiger partial charge in [0, 0.05) is 10.6 Å². The van der Waals surface area contributed by atoms with Gasteiger partial charge >= 0.3 is 5.97 Å². The normalized spacial score (nSPS) is 10.2. The first-order chi connectivity index (χ1) is 9.24. The van der Waals surface area contributed by atoms with Gasteiger partial charge in [0.1, 0.15) is 12.0 Å². The van der Waals surface area contributed by atoms with Crippen LogP contribution in [0.5, 0.6) is 0 Å². The molecule has 0 saturated heterocycles. The summed E-state index contributed by atoms with van der Waals surface area (Å²) in [6.07, 6.45) is 3.44. The number of carbonyl (C=O) groups is 1. The first kappa shape index (κ1) is 13.5. The van der Waals surface area contributed by atoms with Crippen molar-refractivity contribution >= 4 is 23.4 Å². The van der Waals surface area contributed by atoms with Gasteiger partial charge in [0.2, 0.25) is 0 Å². The molecule has 0 saturated carbocycles. The Labute approximate surface area is 116 Å². The van der Waals surface area contributed by atoms with E-state index in [1.807, 2.05) is 24.5 Å². The number of carbonyl (C=O) groups excluding carboxylic acids is 1. The molecule has 0 spiro atoms. The van der Waals surface area contributed by atoms with Crippen LogP contribution in [-0.2, 0) is 11.3 Å². The van der Waals surface area contributed by atoms with Crippen LogP contribution in [0.2, 0.25) is 0 Å². The van der Waals surface area contributed by atoms with Gasteiger partial charge in [-0.05, 0) is 24.5 Å². The number of esters is 1. The molecule has 0 unspecified atom stereocenters. The summed E-state index contributed by atoms with van der Waals surface area (Å²) in [4.78, 5) is 12.5. The number of ether oxygens (including phenoxy) is 1. The van der Waals surface area contributed by atoms with Crippen molar-refractivity contribution in [1.29, 1.82) is 0 Å². The maximum absolute atomic E-state index is 11.3. The monoisotopic (exact) mass is 277 g/mol. The number of anilines is 1. The summed E-state index contributed by atoms with van der Waals surface area (Å²) in [5.74, 6) is 0.302. The van der Waals surface area contributed by atoms with Crippen LogP contribution in [0, 0.1) is 0 Å². The molecule has 0 aliphatic carbocycles. The molecule has 0 fully saturated rings. The van der Waals surface area contributed by atoms with Crippen LogP contribution in [0.3, 0.4) is 0 Å². The van der Waals surface area contributed by atoms with Crippen molar-refractivity contribution in [3.05, 3.63) is 47.9 Å². The Kier molecular flexibility index (Phi) is 4.52. The largest absolute Gasteiger partial charge is 0.467 e. The van der Waals surface area contributed by atoms with E-state index in [4.69, 9.17) is 4.42 Å². The number of hydrogen-bond acceptors (Lipinski definition) is 5. The minimum absolute atomic E-state index is 0.389. The quantitative estimate of drug-likeness (QED) is 0.670. The van der Waals surface area contributed by atoms with Crippen molar-refractivity contribution in [3.63, 3.8) is 0 Å². The maximum atomic E-state index is 11.3. The minimum atomic E-state index is -0.389. The third-order valence-corrected chi connectivity index (χ3v) is 3.43. The fraction of sp³-hybridized carbons (Fsp3) is 0.214. The smallest absolute Gasteiger partial charge is 0.341 e. The highest BCUT2D eigenvalue weighted by molar-refractivity contribution is 7.98. The number of benzene rings is 1. The van der Waals surface area contributed by atoms with Crippen LogP contribution < -0.4 is 5.32 Å². The molecule has 5 heteroatoms. The number of hydrogen-bond donors (Lipinski definition) is 1.